The Morgan fingerprint density at radius 3 is 2.82 bits per heavy atom. The number of halogens is 2. The van der Waals surface area contributed by atoms with E-state index in [0.29, 0.717) is 12.1 Å². The van der Waals surface area contributed by atoms with E-state index in [4.69, 9.17) is 5.26 Å². The molecule has 3 nitrogen and oxygen atoms in total. The van der Waals surface area contributed by atoms with Crippen LogP contribution in [-0.4, -0.2) is 12.5 Å². The fraction of sp³-hybridized carbons (Fsp3) is 0.333. The van der Waals surface area contributed by atoms with Gasteiger partial charge >= 0.3 is 0 Å². The zero-order valence-electron chi connectivity index (χ0n) is 9.55. The van der Waals surface area contributed by atoms with Gasteiger partial charge in [-0.25, -0.2) is 0 Å². The Balaban J connectivity index is 2.78. The first-order valence-corrected chi connectivity index (χ1v) is 6.87. The number of amides is 1. The predicted octanol–water partition coefficient (Wildman–Crippen LogP) is 3.33. The number of nitriles is 1. The van der Waals surface area contributed by atoms with Crippen LogP contribution < -0.4 is 5.32 Å². The highest BCUT2D eigenvalue weighted by molar-refractivity contribution is 14.1. The SMILES string of the molecule is CC(C)(C#N)CNC(=O)c1cc(I)ccc1Br. The van der Waals surface area contributed by atoms with E-state index in [-0.39, 0.29) is 5.91 Å². The van der Waals surface area contributed by atoms with Crippen molar-refractivity contribution < 1.29 is 4.79 Å². The lowest BCUT2D eigenvalue weighted by molar-refractivity contribution is 0.0943. The largest absolute Gasteiger partial charge is 0.350 e. The molecule has 0 bridgehead atoms. The summed E-state index contributed by atoms with van der Waals surface area (Å²) >= 11 is 5.49. The molecule has 0 spiro atoms. The summed E-state index contributed by atoms with van der Waals surface area (Å²) in [5, 5.41) is 11.6. The molecule has 0 atom stereocenters. The summed E-state index contributed by atoms with van der Waals surface area (Å²) in [7, 11) is 0. The van der Waals surface area contributed by atoms with E-state index in [0.717, 1.165) is 8.04 Å². The zero-order valence-corrected chi connectivity index (χ0v) is 13.3. The summed E-state index contributed by atoms with van der Waals surface area (Å²) in [6.07, 6.45) is 0. The molecule has 90 valence electrons. The Bertz CT molecular complexity index is 480. The lowest BCUT2D eigenvalue weighted by atomic mass is 9.96. The quantitative estimate of drug-likeness (QED) is 0.782. The van der Waals surface area contributed by atoms with E-state index in [1.54, 1.807) is 19.9 Å². The fourth-order valence-corrected chi connectivity index (χ4v) is 2.03. The topological polar surface area (TPSA) is 52.9 Å². The van der Waals surface area contributed by atoms with Crippen LogP contribution in [0.25, 0.3) is 0 Å². The molecule has 1 aromatic carbocycles. The van der Waals surface area contributed by atoms with E-state index in [9.17, 15) is 4.79 Å². The molecule has 1 aromatic rings. The number of hydrogen-bond acceptors (Lipinski definition) is 2. The second-order valence-electron chi connectivity index (χ2n) is 4.30. The highest BCUT2D eigenvalue weighted by atomic mass is 127. The third-order valence-electron chi connectivity index (χ3n) is 2.17. The van der Waals surface area contributed by atoms with Gasteiger partial charge in [0.05, 0.1) is 17.0 Å². The van der Waals surface area contributed by atoms with E-state index in [1.165, 1.54) is 0 Å². The van der Waals surface area contributed by atoms with Crippen molar-refractivity contribution >= 4 is 44.4 Å². The normalized spacial score (nSPS) is 10.8. The molecule has 1 rings (SSSR count). The van der Waals surface area contributed by atoms with Crippen LogP contribution in [0.3, 0.4) is 0 Å². The zero-order chi connectivity index (χ0) is 13.1. The minimum atomic E-state index is -0.552. The molecule has 0 aliphatic carbocycles. The molecule has 17 heavy (non-hydrogen) atoms. The van der Waals surface area contributed by atoms with E-state index in [2.05, 4.69) is 49.9 Å². The first kappa shape index (κ1) is 14.5. The van der Waals surface area contributed by atoms with Gasteiger partial charge < -0.3 is 5.32 Å². The minimum Gasteiger partial charge on any atom is -0.350 e. The van der Waals surface area contributed by atoms with Crippen molar-refractivity contribution in [1.29, 1.82) is 5.26 Å². The molecule has 0 aromatic heterocycles. The number of carbonyl (C=O) groups excluding carboxylic acids is 1. The summed E-state index contributed by atoms with van der Waals surface area (Å²) in [6.45, 7) is 3.91. The molecular weight excluding hydrogens is 395 g/mol. The number of carbonyl (C=O) groups is 1. The Labute approximate surface area is 123 Å². The molecule has 0 heterocycles. The summed E-state index contributed by atoms with van der Waals surface area (Å²) in [5.41, 5.74) is 0.0370. The predicted molar refractivity (Wildman–Crippen MR) is 78.6 cm³/mol. The van der Waals surface area contributed by atoms with Gasteiger partial charge in [0.2, 0.25) is 0 Å². The fourth-order valence-electron chi connectivity index (χ4n) is 1.11. The number of nitrogens with one attached hydrogen (secondary N) is 1. The first-order valence-electron chi connectivity index (χ1n) is 5.00. The van der Waals surface area contributed by atoms with Crippen molar-refractivity contribution in [3.63, 3.8) is 0 Å². The van der Waals surface area contributed by atoms with Gasteiger partial charge in [-0.05, 0) is 70.6 Å². The average Bonchev–Trinajstić information content (AvgIpc) is 2.29. The third-order valence-corrected chi connectivity index (χ3v) is 3.53. The van der Waals surface area contributed by atoms with Crippen molar-refractivity contribution in [1.82, 2.24) is 5.32 Å². The second kappa shape index (κ2) is 5.83. The monoisotopic (exact) mass is 406 g/mol. The molecule has 1 amide bonds. The van der Waals surface area contributed by atoms with E-state index >= 15 is 0 Å². The van der Waals surface area contributed by atoms with Crippen molar-refractivity contribution in [3.05, 3.63) is 31.8 Å². The van der Waals surface area contributed by atoms with Crippen LogP contribution in [-0.2, 0) is 0 Å². The van der Waals surface area contributed by atoms with Crippen LogP contribution in [0, 0.1) is 20.3 Å². The lowest BCUT2D eigenvalue weighted by Gasteiger charge is -2.16. The van der Waals surface area contributed by atoms with Gasteiger partial charge in [-0.1, -0.05) is 0 Å². The Kier molecular flexibility index (Phi) is 4.95. The maximum atomic E-state index is 11.9. The molecule has 0 aliphatic heterocycles. The number of rotatable bonds is 3. The van der Waals surface area contributed by atoms with Crippen LogP contribution in [0.15, 0.2) is 22.7 Å². The van der Waals surface area contributed by atoms with Gasteiger partial charge in [0.1, 0.15) is 0 Å². The van der Waals surface area contributed by atoms with Crippen molar-refractivity contribution in [3.8, 4) is 6.07 Å². The van der Waals surface area contributed by atoms with Crippen molar-refractivity contribution in [2.75, 3.05) is 6.54 Å². The smallest absolute Gasteiger partial charge is 0.252 e. The van der Waals surface area contributed by atoms with Gasteiger partial charge in [0.15, 0.2) is 0 Å². The Hall–Kier alpha value is -0.610. The highest BCUT2D eigenvalue weighted by Gasteiger charge is 2.19. The van der Waals surface area contributed by atoms with Crippen LogP contribution >= 0.6 is 38.5 Å². The van der Waals surface area contributed by atoms with Crippen LogP contribution in [0.2, 0.25) is 0 Å². The summed E-state index contributed by atoms with van der Waals surface area (Å²) in [5.74, 6) is -0.168. The Morgan fingerprint density at radius 2 is 2.24 bits per heavy atom. The van der Waals surface area contributed by atoms with Crippen molar-refractivity contribution in [2.24, 2.45) is 5.41 Å². The van der Waals surface area contributed by atoms with Crippen LogP contribution in [0.5, 0.6) is 0 Å². The number of benzene rings is 1. The molecule has 5 heteroatoms. The summed E-state index contributed by atoms with van der Waals surface area (Å²) in [6, 6.07) is 7.71. The molecule has 0 aliphatic rings. The van der Waals surface area contributed by atoms with Crippen LogP contribution in [0.4, 0.5) is 0 Å². The number of nitrogens with zero attached hydrogens (tertiary/aromatic N) is 1. The summed E-state index contributed by atoms with van der Waals surface area (Å²) < 4.78 is 1.75. The molecule has 0 unspecified atom stereocenters. The lowest BCUT2D eigenvalue weighted by Crippen LogP contribution is -2.33. The highest BCUT2D eigenvalue weighted by Crippen LogP contribution is 2.20. The summed E-state index contributed by atoms with van der Waals surface area (Å²) in [4.78, 5) is 11.9. The maximum absolute atomic E-state index is 11.9. The standard InChI is InChI=1S/C12H12BrIN2O/c1-12(2,6-15)7-16-11(17)9-5-8(14)3-4-10(9)13/h3-5H,7H2,1-2H3,(H,16,17). The molecule has 0 saturated carbocycles. The minimum absolute atomic E-state index is 0.168. The number of hydrogen-bond donors (Lipinski definition) is 1. The van der Waals surface area contributed by atoms with E-state index < -0.39 is 5.41 Å². The maximum Gasteiger partial charge on any atom is 0.252 e. The van der Waals surface area contributed by atoms with Gasteiger partial charge in [-0.2, -0.15) is 5.26 Å². The first-order chi connectivity index (χ1) is 7.85. The third kappa shape index (κ3) is 4.28. The Morgan fingerprint density at radius 1 is 1.59 bits per heavy atom. The molecule has 0 radical (unpaired) electrons. The average molecular weight is 407 g/mol. The molecular formula is C12H12BrIN2O. The second-order valence-corrected chi connectivity index (χ2v) is 6.40. The van der Waals surface area contributed by atoms with Gasteiger partial charge in [0, 0.05) is 14.6 Å². The van der Waals surface area contributed by atoms with E-state index in [1.807, 2.05) is 12.1 Å². The molecule has 1 N–H and O–H groups in total. The van der Waals surface area contributed by atoms with Crippen molar-refractivity contribution in [2.45, 2.75) is 13.8 Å². The van der Waals surface area contributed by atoms with Crippen LogP contribution in [0.1, 0.15) is 24.2 Å². The van der Waals surface area contributed by atoms with Gasteiger partial charge in [0.25, 0.3) is 5.91 Å². The molecule has 0 saturated heterocycles. The molecule has 0 fully saturated rings. The van der Waals surface area contributed by atoms with Gasteiger partial charge in [-0.3, -0.25) is 4.79 Å². The van der Waals surface area contributed by atoms with Gasteiger partial charge in [-0.15, -0.1) is 0 Å².